The second-order valence-electron chi connectivity index (χ2n) is 8.58. The first-order valence-corrected chi connectivity index (χ1v) is 11.4. The summed E-state index contributed by atoms with van der Waals surface area (Å²) < 4.78 is 29.3. The molecule has 0 aliphatic heterocycles. The van der Waals surface area contributed by atoms with Gasteiger partial charge in [0, 0.05) is 5.56 Å². The highest BCUT2D eigenvalue weighted by molar-refractivity contribution is 5.60. The van der Waals surface area contributed by atoms with Gasteiger partial charge in [-0.05, 0) is 54.9 Å². The van der Waals surface area contributed by atoms with Gasteiger partial charge in [-0.15, -0.1) is 0 Å². The number of hydrogen-bond donors (Lipinski definition) is 0. The highest BCUT2D eigenvalue weighted by atomic mass is 19.2. The van der Waals surface area contributed by atoms with E-state index in [2.05, 4.69) is 17.1 Å². The predicted octanol–water partition coefficient (Wildman–Crippen LogP) is 7.30. The molecule has 1 aliphatic rings. The van der Waals surface area contributed by atoms with E-state index in [9.17, 15) is 8.78 Å². The van der Waals surface area contributed by atoms with Crippen LogP contribution in [0.4, 0.5) is 8.78 Å². The Morgan fingerprint density at radius 3 is 2.17 bits per heavy atom. The Bertz CT molecular complexity index is 765. The van der Waals surface area contributed by atoms with Gasteiger partial charge in [-0.25, -0.2) is 8.78 Å². The van der Waals surface area contributed by atoms with Gasteiger partial charge in [-0.2, -0.15) is 10.2 Å². The molecular formula is C25H34F2N2. The third kappa shape index (κ3) is 5.83. The van der Waals surface area contributed by atoms with Gasteiger partial charge < -0.3 is 0 Å². The Hall–Kier alpha value is -1.84. The standard InChI is InChI=1S/C25H34F2N2/c1-3-5-6-7-18-8-10-19(11-9-18)12-13-20-14-16-22(25(27)24(20)26)23-17-15-21(4-2)28-29-23/h14-19H,3-13H2,1-2H3. The molecule has 2 aromatic rings. The lowest BCUT2D eigenvalue weighted by Gasteiger charge is -2.28. The topological polar surface area (TPSA) is 25.8 Å². The van der Waals surface area contributed by atoms with Gasteiger partial charge in [0.1, 0.15) is 0 Å². The summed E-state index contributed by atoms with van der Waals surface area (Å²) in [6.45, 7) is 4.23. The van der Waals surface area contributed by atoms with Gasteiger partial charge in [0.15, 0.2) is 11.6 Å². The highest BCUT2D eigenvalue weighted by Crippen LogP contribution is 2.35. The van der Waals surface area contributed by atoms with Crippen LogP contribution in [-0.4, -0.2) is 10.2 Å². The lowest BCUT2D eigenvalue weighted by atomic mass is 9.77. The lowest BCUT2D eigenvalue weighted by molar-refractivity contribution is 0.248. The lowest BCUT2D eigenvalue weighted by Crippen LogP contribution is -2.15. The van der Waals surface area contributed by atoms with Crippen molar-refractivity contribution in [1.29, 1.82) is 0 Å². The van der Waals surface area contributed by atoms with Crippen molar-refractivity contribution in [2.24, 2.45) is 11.8 Å². The number of unbranched alkanes of at least 4 members (excludes halogenated alkanes) is 2. The van der Waals surface area contributed by atoms with Crippen LogP contribution in [-0.2, 0) is 12.8 Å². The van der Waals surface area contributed by atoms with Crippen LogP contribution in [0.1, 0.15) is 82.9 Å². The van der Waals surface area contributed by atoms with Crippen molar-refractivity contribution in [3.8, 4) is 11.3 Å². The molecule has 2 nitrogen and oxygen atoms in total. The van der Waals surface area contributed by atoms with E-state index in [1.54, 1.807) is 18.2 Å². The van der Waals surface area contributed by atoms with E-state index in [1.807, 2.05) is 13.0 Å². The number of halogens is 2. The van der Waals surface area contributed by atoms with Crippen molar-refractivity contribution in [3.05, 3.63) is 47.2 Å². The summed E-state index contributed by atoms with van der Waals surface area (Å²) in [6, 6.07) is 6.89. The molecule has 3 rings (SSSR count). The molecule has 0 N–H and O–H groups in total. The zero-order valence-electron chi connectivity index (χ0n) is 17.9. The van der Waals surface area contributed by atoms with E-state index < -0.39 is 11.6 Å². The molecule has 0 unspecified atom stereocenters. The van der Waals surface area contributed by atoms with Gasteiger partial charge in [0.25, 0.3) is 0 Å². The second kappa shape index (κ2) is 10.8. The van der Waals surface area contributed by atoms with Crippen molar-refractivity contribution in [2.75, 3.05) is 0 Å². The molecule has 0 spiro atoms. The van der Waals surface area contributed by atoms with Crippen LogP contribution in [0, 0.1) is 23.5 Å². The Balaban J connectivity index is 1.55. The number of nitrogens with zero attached hydrogens (tertiary/aromatic N) is 2. The van der Waals surface area contributed by atoms with Crippen molar-refractivity contribution in [1.82, 2.24) is 10.2 Å². The maximum absolute atomic E-state index is 14.7. The van der Waals surface area contributed by atoms with Crippen LogP contribution in [0.25, 0.3) is 11.3 Å². The number of aromatic nitrogens is 2. The molecule has 0 atom stereocenters. The molecule has 0 amide bonds. The summed E-state index contributed by atoms with van der Waals surface area (Å²) in [7, 11) is 0. The normalized spacial score (nSPS) is 19.4. The van der Waals surface area contributed by atoms with Gasteiger partial charge in [0.2, 0.25) is 0 Å². The summed E-state index contributed by atoms with van der Waals surface area (Å²) in [5, 5.41) is 8.10. The Morgan fingerprint density at radius 2 is 1.55 bits per heavy atom. The summed E-state index contributed by atoms with van der Waals surface area (Å²) in [4.78, 5) is 0. The van der Waals surface area contributed by atoms with E-state index in [0.717, 1.165) is 24.5 Å². The van der Waals surface area contributed by atoms with Crippen molar-refractivity contribution in [3.63, 3.8) is 0 Å². The smallest absolute Gasteiger partial charge is 0.168 e. The molecule has 1 fully saturated rings. The van der Waals surface area contributed by atoms with E-state index in [1.165, 1.54) is 51.4 Å². The van der Waals surface area contributed by atoms with Crippen molar-refractivity contribution in [2.45, 2.75) is 84.5 Å². The first kappa shape index (κ1) is 21.9. The molecule has 1 aromatic heterocycles. The minimum absolute atomic E-state index is 0.189. The molecule has 1 aliphatic carbocycles. The minimum atomic E-state index is -0.805. The highest BCUT2D eigenvalue weighted by Gasteiger charge is 2.22. The Labute approximate surface area is 174 Å². The van der Waals surface area contributed by atoms with Gasteiger partial charge in [-0.1, -0.05) is 71.3 Å². The van der Waals surface area contributed by atoms with Crippen molar-refractivity contribution < 1.29 is 8.78 Å². The molecule has 0 bridgehead atoms. The fourth-order valence-electron chi connectivity index (χ4n) is 4.52. The molecular weight excluding hydrogens is 366 g/mol. The van der Waals surface area contributed by atoms with E-state index in [-0.39, 0.29) is 5.56 Å². The second-order valence-corrected chi connectivity index (χ2v) is 8.58. The Morgan fingerprint density at radius 1 is 0.828 bits per heavy atom. The van der Waals surface area contributed by atoms with Crippen LogP contribution < -0.4 is 0 Å². The van der Waals surface area contributed by atoms with Crippen LogP contribution in [0.2, 0.25) is 0 Å². The van der Waals surface area contributed by atoms with Gasteiger partial charge >= 0.3 is 0 Å². The third-order valence-electron chi connectivity index (χ3n) is 6.52. The van der Waals surface area contributed by atoms with E-state index in [0.29, 0.717) is 23.6 Å². The molecule has 0 radical (unpaired) electrons. The summed E-state index contributed by atoms with van der Waals surface area (Å²) in [5.74, 6) is -0.00344. The van der Waals surface area contributed by atoms with E-state index >= 15 is 0 Å². The number of benzene rings is 1. The van der Waals surface area contributed by atoms with E-state index in [4.69, 9.17) is 0 Å². The first-order valence-electron chi connectivity index (χ1n) is 11.4. The third-order valence-corrected chi connectivity index (χ3v) is 6.52. The average molecular weight is 401 g/mol. The summed E-state index contributed by atoms with van der Waals surface area (Å²) >= 11 is 0. The molecule has 1 aromatic carbocycles. The first-order chi connectivity index (χ1) is 14.1. The SMILES string of the molecule is CCCCCC1CCC(CCc2ccc(-c3ccc(CC)nn3)c(F)c2F)CC1. The minimum Gasteiger partial charge on any atom is -0.203 e. The zero-order chi connectivity index (χ0) is 20.6. The number of rotatable bonds is 9. The summed E-state index contributed by atoms with van der Waals surface area (Å²) in [5.41, 5.74) is 1.89. The van der Waals surface area contributed by atoms with Crippen LogP contribution in [0.3, 0.4) is 0 Å². The van der Waals surface area contributed by atoms with Gasteiger partial charge in [0.05, 0.1) is 11.4 Å². The largest absolute Gasteiger partial charge is 0.203 e. The van der Waals surface area contributed by atoms with Crippen LogP contribution in [0.5, 0.6) is 0 Å². The molecule has 1 heterocycles. The average Bonchev–Trinajstić information content (AvgIpc) is 2.76. The molecule has 4 heteroatoms. The number of aryl methyl sites for hydroxylation is 2. The monoisotopic (exact) mass is 400 g/mol. The van der Waals surface area contributed by atoms with Gasteiger partial charge in [-0.3, -0.25) is 0 Å². The fourth-order valence-corrected chi connectivity index (χ4v) is 4.52. The molecule has 29 heavy (non-hydrogen) atoms. The van der Waals surface area contributed by atoms with Crippen molar-refractivity contribution >= 4 is 0 Å². The molecule has 1 saturated carbocycles. The summed E-state index contributed by atoms with van der Waals surface area (Å²) in [6.07, 6.45) is 12.7. The van der Waals surface area contributed by atoms with Crippen LogP contribution >= 0.6 is 0 Å². The molecule has 0 saturated heterocycles. The quantitative estimate of drug-likeness (QED) is 0.413. The predicted molar refractivity (Wildman–Crippen MR) is 115 cm³/mol. The maximum atomic E-state index is 14.7. The maximum Gasteiger partial charge on any atom is 0.168 e. The molecule has 158 valence electrons. The Kier molecular flexibility index (Phi) is 8.14. The zero-order valence-corrected chi connectivity index (χ0v) is 17.9. The number of hydrogen-bond acceptors (Lipinski definition) is 2. The van der Waals surface area contributed by atoms with Crippen LogP contribution in [0.15, 0.2) is 24.3 Å². The fraction of sp³-hybridized carbons (Fsp3) is 0.600.